The molecule has 0 fully saturated rings. The molecule has 0 unspecified atom stereocenters. The number of aryl methyl sites for hydroxylation is 1. The fourth-order valence-electron chi connectivity index (χ4n) is 2.50. The van der Waals surface area contributed by atoms with Crippen molar-refractivity contribution in [3.8, 4) is 0 Å². The number of nitrogens with one attached hydrogen (secondary N) is 1. The number of aromatic amines is 1. The highest BCUT2D eigenvalue weighted by Gasteiger charge is 2.23. The quantitative estimate of drug-likeness (QED) is 0.641. The maximum absolute atomic E-state index is 13.5. The molecule has 132 valence electrons. The predicted octanol–water partition coefficient (Wildman–Crippen LogP) is 2.53. The summed E-state index contributed by atoms with van der Waals surface area (Å²) in [6.07, 6.45) is -0.268. The Morgan fingerprint density at radius 1 is 1.16 bits per heavy atom. The lowest BCUT2D eigenvalue weighted by molar-refractivity contribution is -0.141. The number of carbonyl (C=O) groups is 3. The topological polar surface area (TPSA) is 85.5 Å². The van der Waals surface area contributed by atoms with Crippen molar-refractivity contribution in [3.05, 3.63) is 58.2 Å². The SMILES string of the molecule is COC(=O)c1c(C)[nH]c(C(=O)COC(=O)Cc2ccccc2F)c1C. The van der Waals surface area contributed by atoms with Crippen molar-refractivity contribution in [2.24, 2.45) is 0 Å². The Morgan fingerprint density at radius 2 is 1.84 bits per heavy atom. The van der Waals surface area contributed by atoms with Gasteiger partial charge in [0.1, 0.15) is 5.82 Å². The molecular formula is C18H18FNO5. The van der Waals surface area contributed by atoms with Gasteiger partial charge in [0.15, 0.2) is 6.61 Å². The minimum absolute atomic E-state index is 0.177. The van der Waals surface area contributed by atoms with Crippen LogP contribution in [0.5, 0.6) is 0 Å². The predicted molar refractivity (Wildman–Crippen MR) is 87.0 cm³/mol. The van der Waals surface area contributed by atoms with Gasteiger partial charge in [-0.05, 0) is 31.0 Å². The van der Waals surface area contributed by atoms with E-state index >= 15 is 0 Å². The third-order valence-corrected chi connectivity index (χ3v) is 3.76. The maximum atomic E-state index is 13.5. The number of ether oxygens (including phenoxy) is 2. The van der Waals surface area contributed by atoms with E-state index in [2.05, 4.69) is 9.72 Å². The fraction of sp³-hybridized carbons (Fsp3) is 0.278. The lowest BCUT2D eigenvalue weighted by Gasteiger charge is -2.05. The number of hydrogen-bond donors (Lipinski definition) is 1. The largest absolute Gasteiger partial charge is 0.465 e. The van der Waals surface area contributed by atoms with Crippen LogP contribution in [0.3, 0.4) is 0 Å². The van der Waals surface area contributed by atoms with Crippen molar-refractivity contribution in [1.29, 1.82) is 0 Å². The molecule has 1 aromatic carbocycles. The smallest absolute Gasteiger partial charge is 0.339 e. The first-order valence-electron chi connectivity index (χ1n) is 7.54. The van der Waals surface area contributed by atoms with Crippen molar-refractivity contribution in [1.82, 2.24) is 4.98 Å². The molecule has 0 bridgehead atoms. The zero-order valence-electron chi connectivity index (χ0n) is 14.1. The summed E-state index contributed by atoms with van der Waals surface area (Å²) in [6.45, 7) is 2.74. The molecule has 0 aliphatic carbocycles. The minimum atomic E-state index is -0.715. The lowest BCUT2D eigenvalue weighted by atomic mass is 10.1. The van der Waals surface area contributed by atoms with Crippen molar-refractivity contribution in [3.63, 3.8) is 0 Å². The third kappa shape index (κ3) is 4.12. The molecule has 0 aliphatic heterocycles. The number of methoxy groups -OCH3 is 1. The number of benzene rings is 1. The first-order valence-corrected chi connectivity index (χ1v) is 7.54. The minimum Gasteiger partial charge on any atom is -0.465 e. The van der Waals surface area contributed by atoms with Gasteiger partial charge < -0.3 is 14.5 Å². The molecule has 0 aliphatic rings. The van der Waals surface area contributed by atoms with Crippen molar-refractivity contribution < 1.29 is 28.2 Å². The first-order chi connectivity index (χ1) is 11.8. The molecule has 0 saturated carbocycles. The monoisotopic (exact) mass is 347 g/mol. The van der Waals surface area contributed by atoms with Gasteiger partial charge in [0.2, 0.25) is 5.78 Å². The zero-order chi connectivity index (χ0) is 18.6. The Kier molecular flexibility index (Phi) is 5.69. The summed E-state index contributed by atoms with van der Waals surface area (Å²) >= 11 is 0. The molecule has 0 saturated heterocycles. The highest BCUT2D eigenvalue weighted by molar-refractivity contribution is 6.02. The van der Waals surface area contributed by atoms with E-state index in [-0.39, 0.29) is 23.2 Å². The molecule has 0 amide bonds. The Bertz CT molecular complexity index is 825. The second kappa shape index (κ2) is 7.74. The number of aromatic nitrogens is 1. The molecular weight excluding hydrogens is 329 g/mol. The van der Waals surface area contributed by atoms with Gasteiger partial charge in [-0.15, -0.1) is 0 Å². The molecule has 0 radical (unpaired) electrons. The van der Waals surface area contributed by atoms with Gasteiger partial charge in [-0.1, -0.05) is 18.2 Å². The van der Waals surface area contributed by atoms with E-state index in [0.29, 0.717) is 11.3 Å². The Hall–Kier alpha value is -2.96. The Labute approximate surface area is 143 Å². The summed E-state index contributed by atoms with van der Waals surface area (Å²) in [7, 11) is 1.25. The number of esters is 2. The number of H-pyrrole nitrogens is 1. The number of halogens is 1. The highest BCUT2D eigenvalue weighted by Crippen LogP contribution is 2.19. The number of ketones is 1. The van der Waals surface area contributed by atoms with E-state index in [1.54, 1.807) is 19.9 Å². The van der Waals surface area contributed by atoms with Crippen LogP contribution in [0, 0.1) is 19.7 Å². The van der Waals surface area contributed by atoms with Gasteiger partial charge in [0.25, 0.3) is 0 Å². The highest BCUT2D eigenvalue weighted by atomic mass is 19.1. The first kappa shape index (κ1) is 18.4. The van der Waals surface area contributed by atoms with E-state index in [4.69, 9.17) is 4.74 Å². The Balaban J connectivity index is 2.02. The molecule has 2 rings (SSSR count). The number of Topliss-reactive ketones (excluding diaryl/α,β-unsaturated/α-hetero) is 1. The van der Waals surface area contributed by atoms with Gasteiger partial charge in [0.05, 0.1) is 24.8 Å². The fourth-order valence-corrected chi connectivity index (χ4v) is 2.50. The normalized spacial score (nSPS) is 10.4. The molecule has 2 aromatic rings. The summed E-state index contributed by atoms with van der Waals surface area (Å²) < 4.78 is 23.1. The average molecular weight is 347 g/mol. The summed E-state index contributed by atoms with van der Waals surface area (Å²) in [6, 6.07) is 5.84. The molecule has 0 spiro atoms. The summed E-state index contributed by atoms with van der Waals surface area (Å²) in [4.78, 5) is 38.5. The van der Waals surface area contributed by atoms with Crippen LogP contribution in [0.15, 0.2) is 24.3 Å². The summed E-state index contributed by atoms with van der Waals surface area (Å²) in [5.41, 5.74) is 1.57. The molecule has 6 nitrogen and oxygen atoms in total. The zero-order valence-corrected chi connectivity index (χ0v) is 14.1. The van der Waals surface area contributed by atoms with E-state index in [9.17, 15) is 18.8 Å². The van der Waals surface area contributed by atoms with Gasteiger partial charge in [-0.25, -0.2) is 9.18 Å². The standard InChI is InChI=1S/C18H18FNO5/c1-10-16(18(23)24-3)11(2)20-17(10)14(21)9-25-15(22)8-12-6-4-5-7-13(12)19/h4-7,20H,8-9H2,1-3H3. The van der Waals surface area contributed by atoms with Crippen LogP contribution >= 0.6 is 0 Å². The lowest BCUT2D eigenvalue weighted by Crippen LogP contribution is -2.17. The average Bonchev–Trinajstić information content (AvgIpc) is 2.88. The van der Waals surface area contributed by atoms with Crippen LogP contribution in [0.4, 0.5) is 4.39 Å². The summed E-state index contributed by atoms with van der Waals surface area (Å²) in [5.74, 6) is -2.27. The van der Waals surface area contributed by atoms with Gasteiger partial charge in [-0.2, -0.15) is 0 Å². The Morgan fingerprint density at radius 3 is 2.48 bits per heavy atom. The van der Waals surface area contributed by atoms with Gasteiger partial charge >= 0.3 is 11.9 Å². The van der Waals surface area contributed by atoms with Gasteiger partial charge in [-0.3, -0.25) is 9.59 Å². The molecule has 25 heavy (non-hydrogen) atoms. The van der Waals surface area contributed by atoms with Crippen molar-refractivity contribution in [2.45, 2.75) is 20.3 Å². The number of hydrogen-bond acceptors (Lipinski definition) is 5. The maximum Gasteiger partial charge on any atom is 0.339 e. The third-order valence-electron chi connectivity index (χ3n) is 3.76. The van der Waals surface area contributed by atoms with E-state index in [0.717, 1.165) is 0 Å². The molecule has 1 heterocycles. The van der Waals surface area contributed by atoms with E-state index in [1.807, 2.05) is 0 Å². The number of rotatable bonds is 6. The second-order valence-electron chi connectivity index (χ2n) is 5.47. The molecule has 0 atom stereocenters. The van der Waals surface area contributed by atoms with Crippen molar-refractivity contribution in [2.75, 3.05) is 13.7 Å². The molecule has 1 aromatic heterocycles. The second-order valence-corrected chi connectivity index (χ2v) is 5.47. The van der Waals surface area contributed by atoms with Crippen LogP contribution < -0.4 is 0 Å². The van der Waals surface area contributed by atoms with E-state index < -0.39 is 30.1 Å². The van der Waals surface area contributed by atoms with E-state index in [1.165, 1.54) is 25.3 Å². The van der Waals surface area contributed by atoms with Crippen molar-refractivity contribution >= 4 is 17.7 Å². The van der Waals surface area contributed by atoms with Crippen LogP contribution in [0.2, 0.25) is 0 Å². The van der Waals surface area contributed by atoms with Crippen LogP contribution in [-0.2, 0) is 20.7 Å². The summed E-state index contributed by atoms with van der Waals surface area (Å²) in [5, 5.41) is 0. The van der Waals surface area contributed by atoms with Crippen LogP contribution in [-0.4, -0.2) is 36.4 Å². The molecule has 7 heteroatoms. The van der Waals surface area contributed by atoms with Gasteiger partial charge in [0, 0.05) is 5.69 Å². The van der Waals surface area contributed by atoms with Crippen LogP contribution in [0.25, 0.3) is 0 Å². The van der Waals surface area contributed by atoms with Crippen LogP contribution in [0.1, 0.15) is 37.7 Å². The molecule has 1 N–H and O–H groups in total. The number of carbonyl (C=O) groups excluding carboxylic acids is 3.